The van der Waals surface area contributed by atoms with Gasteiger partial charge >= 0.3 is 0 Å². The van der Waals surface area contributed by atoms with E-state index >= 15 is 0 Å². The van der Waals surface area contributed by atoms with Crippen molar-refractivity contribution >= 4 is 40.7 Å². The van der Waals surface area contributed by atoms with Crippen molar-refractivity contribution < 1.29 is 14.7 Å². The molecule has 38 heavy (non-hydrogen) atoms. The van der Waals surface area contributed by atoms with Crippen LogP contribution in [0.5, 0.6) is 0 Å². The number of rotatable bonds is 6. The van der Waals surface area contributed by atoms with Crippen LogP contribution < -0.4 is 5.32 Å². The maximum atomic E-state index is 13.1. The lowest BCUT2D eigenvalue weighted by molar-refractivity contribution is -0.152. The first kappa shape index (κ1) is 26.7. The summed E-state index contributed by atoms with van der Waals surface area (Å²) in [6.07, 6.45) is 4.89. The molecule has 8 nitrogen and oxygen atoms in total. The van der Waals surface area contributed by atoms with Crippen LogP contribution in [0.3, 0.4) is 0 Å². The third kappa shape index (κ3) is 5.45. The highest BCUT2D eigenvalue weighted by molar-refractivity contribution is 6.34. The maximum absolute atomic E-state index is 13.1. The smallest absolute Gasteiger partial charge is 0.264 e. The van der Waals surface area contributed by atoms with Gasteiger partial charge in [-0.25, -0.2) is 4.98 Å². The molecule has 0 unspecified atom stereocenters. The highest BCUT2D eigenvalue weighted by Crippen LogP contribution is 2.30. The van der Waals surface area contributed by atoms with E-state index in [2.05, 4.69) is 15.2 Å². The number of aryl methyl sites for hydroxylation is 1. The molecule has 0 bridgehead atoms. The van der Waals surface area contributed by atoms with E-state index < -0.39 is 5.60 Å². The van der Waals surface area contributed by atoms with Crippen molar-refractivity contribution in [3.8, 4) is 0 Å². The van der Waals surface area contributed by atoms with E-state index in [1.165, 1.54) is 17.8 Å². The highest BCUT2D eigenvalue weighted by Gasteiger charge is 2.40. The summed E-state index contributed by atoms with van der Waals surface area (Å²) in [6.45, 7) is 6.37. The molecule has 2 N–H and O–H groups in total. The SMILES string of the molecule is Cc1cn(C(=O)c2ccc(NC3CN(C4CCN(C(=O)[C@@](C)(O)c5cccc(Cl)c5)CC4)C3)cc2Cl)cn1. The Balaban J connectivity index is 1.10. The summed E-state index contributed by atoms with van der Waals surface area (Å²) in [7, 11) is 0. The number of nitrogens with one attached hydrogen (secondary N) is 1. The van der Waals surface area contributed by atoms with Crippen LogP contribution in [0.4, 0.5) is 5.69 Å². The van der Waals surface area contributed by atoms with Crippen LogP contribution in [-0.2, 0) is 10.4 Å². The van der Waals surface area contributed by atoms with Crippen LogP contribution in [-0.4, -0.2) is 74.5 Å². The molecule has 0 spiro atoms. The fourth-order valence-corrected chi connectivity index (χ4v) is 5.70. The number of piperidine rings is 1. The first-order chi connectivity index (χ1) is 18.1. The van der Waals surface area contributed by atoms with E-state index in [9.17, 15) is 14.7 Å². The molecule has 5 rings (SSSR count). The van der Waals surface area contributed by atoms with Crippen molar-refractivity contribution in [1.82, 2.24) is 19.4 Å². The molecule has 2 aromatic carbocycles. The minimum atomic E-state index is -1.61. The fourth-order valence-electron chi connectivity index (χ4n) is 5.24. The monoisotopic (exact) mass is 555 g/mol. The van der Waals surface area contributed by atoms with Crippen LogP contribution in [0.1, 0.15) is 41.4 Å². The number of carbonyl (C=O) groups excluding carboxylic acids is 2. The Morgan fingerprint density at radius 3 is 2.47 bits per heavy atom. The summed E-state index contributed by atoms with van der Waals surface area (Å²) >= 11 is 12.5. The van der Waals surface area contributed by atoms with Crippen molar-refractivity contribution in [3.05, 3.63) is 81.9 Å². The van der Waals surface area contributed by atoms with Crippen LogP contribution in [0.25, 0.3) is 0 Å². The summed E-state index contributed by atoms with van der Waals surface area (Å²) in [6, 6.07) is 12.9. The van der Waals surface area contributed by atoms with E-state index in [1.54, 1.807) is 47.5 Å². The first-order valence-corrected chi connectivity index (χ1v) is 13.5. The number of nitrogens with zero attached hydrogens (tertiary/aromatic N) is 4. The Kier molecular flexibility index (Phi) is 7.51. The van der Waals surface area contributed by atoms with E-state index in [4.69, 9.17) is 23.2 Å². The van der Waals surface area contributed by atoms with Crippen LogP contribution in [0.2, 0.25) is 10.0 Å². The number of imidazole rings is 1. The van der Waals surface area contributed by atoms with Gasteiger partial charge in [0.05, 0.1) is 22.3 Å². The Morgan fingerprint density at radius 1 is 1.11 bits per heavy atom. The predicted molar refractivity (Wildman–Crippen MR) is 148 cm³/mol. The summed E-state index contributed by atoms with van der Waals surface area (Å²) in [5.74, 6) is -0.501. The second kappa shape index (κ2) is 10.7. The molecular formula is C28H31Cl2N5O3. The number of hydrogen-bond donors (Lipinski definition) is 2. The zero-order valence-corrected chi connectivity index (χ0v) is 22.9. The van der Waals surface area contributed by atoms with Crippen molar-refractivity contribution in [2.24, 2.45) is 0 Å². The topological polar surface area (TPSA) is 90.7 Å². The average Bonchev–Trinajstić information content (AvgIpc) is 3.31. The third-order valence-corrected chi connectivity index (χ3v) is 8.05. The molecule has 0 aliphatic carbocycles. The van der Waals surface area contributed by atoms with Crippen molar-refractivity contribution in [3.63, 3.8) is 0 Å². The zero-order chi connectivity index (χ0) is 27.0. The maximum Gasteiger partial charge on any atom is 0.264 e. The standard InChI is InChI=1S/C28H31Cl2N5O3/c1-18-14-35(17-31-18)26(36)24-7-6-21(13-25(24)30)32-22-15-34(16-22)23-8-10-33(11-9-23)27(37)28(2,38)19-4-3-5-20(29)12-19/h3-7,12-14,17,22-23,32,38H,8-11,15-16H2,1-2H3/t28-/m0/s1. The van der Waals surface area contributed by atoms with Gasteiger partial charge in [0.1, 0.15) is 6.33 Å². The number of benzene rings is 2. The zero-order valence-electron chi connectivity index (χ0n) is 21.4. The minimum absolute atomic E-state index is 0.212. The molecule has 10 heteroatoms. The van der Waals surface area contributed by atoms with E-state index in [0.717, 1.165) is 37.3 Å². The molecule has 3 heterocycles. The van der Waals surface area contributed by atoms with Gasteiger partial charge in [0.2, 0.25) is 0 Å². The molecule has 0 saturated carbocycles. The van der Waals surface area contributed by atoms with Gasteiger partial charge in [0.25, 0.3) is 11.8 Å². The number of anilines is 1. The molecule has 2 saturated heterocycles. The van der Waals surface area contributed by atoms with Gasteiger partial charge in [0, 0.05) is 49.1 Å². The fraction of sp³-hybridized carbons (Fsp3) is 0.393. The van der Waals surface area contributed by atoms with Gasteiger partial charge in [-0.05, 0) is 62.6 Å². The van der Waals surface area contributed by atoms with Crippen molar-refractivity contribution in [2.45, 2.75) is 44.4 Å². The van der Waals surface area contributed by atoms with Gasteiger partial charge in [0.15, 0.2) is 5.60 Å². The second-order valence-electron chi connectivity index (χ2n) is 10.3. The van der Waals surface area contributed by atoms with Crippen molar-refractivity contribution in [2.75, 3.05) is 31.5 Å². The average molecular weight is 556 g/mol. The largest absolute Gasteiger partial charge is 0.380 e. The Bertz CT molecular complexity index is 1340. The molecule has 0 radical (unpaired) electrons. The number of amides is 1. The van der Waals surface area contributed by atoms with E-state index in [1.807, 2.05) is 13.0 Å². The lowest BCUT2D eigenvalue weighted by atomic mass is 9.92. The number of carbonyl (C=O) groups is 2. The number of aromatic nitrogens is 2. The number of aliphatic hydroxyl groups is 1. The summed E-state index contributed by atoms with van der Waals surface area (Å²) < 4.78 is 1.44. The summed E-state index contributed by atoms with van der Waals surface area (Å²) in [5.41, 5.74) is 0.970. The van der Waals surface area contributed by atoms with Gasteiger partial charge in [-0.2, -0.15) is 0 Å². The molecule has 2 aliphatic rings. The normalized spacial score (nSPS) is 18.6. The molecule has 2 fully saturated rings. The minimum Gasteiger partial charge on any atom is -0.380 e. The molecule has 200 valence electrons. The highest BCUT2D eigenvalue weighted by atomic mass is 35.5. The third-order valence-electron chi connectivity index (χ3n) is 7.50. The molecule has 2 aliphatic heterocycles. The Morgan fingerprint density at radius 2 is 1.84 bits per heavy atom. The van der Waals surface area contributed by atoms with Crippen LogP contribution in [0, 0.1) is 6.92 Å². The Labute approximate surface area is 232 Å². The predicted octanol–water partition coefficient (Wildman–Crippen LogP) is 4.18. The van der Waals surface area contributed by atoms with E-state index in [-0.39, 0.29) is 17.9 Å². The summed E-state index contributed by atoms with van der Waals surface area (Å²) in [4.78, 5) is 34.0. The lowest BCUT2D eigenvalue weighted by Crippen LogP contribution is -2.61. The quantitative estimate of drug-likeness (QED) is 0.474. The van der Waals surface area contributed by atoms with E-state index in [0.29, 0.717) is 40.3 Å². The Hall–Kier alpha value is -2.91. The summed E-state index contributed by atoms with van der Waals surface area (Å²) in [5, 5.41) is 15.4. The van der Waals surface area contributed by atoms with Gasteiger partial charge in [-0.1, -0.05) is 35.3 Å². The molecule has 1 aromatic heterocycles. The number of halogens is 2. The first-order valence-electron chi connectivity index (χ1n) is 12.7. The van der Waals surface area contributed by atoms with Crippen LogP contribution >= 0.6 is 23.2 Å². The molecule has 3 aromatic rings. The second-order valence-corrected chi connectivity index (χ2v) is 11.2. The van der Waals surface area contributed by atoms with Gasteiger partial charge in [-0.15, -0.1) is 0 Å². The number of hydrogen-bond acceptors (Lipinski definition) is 6. The van der Waals surface area contributed by atoms with Crippen molar-refractivity contribution in [1.29, 1.82) is 0 Å². The lowest BCUT2D eigenvalue weighted by Gasteiger charge is -2.48. The molecule has 1 amide bonds. The number of likely N-dealkylation sites (tertiary alicyclic amines) is 2. The molecular weight excluding hydrogens is 525 g/mol. The van der Waals surface area contributed by atoms with Crippen LogP contribution in [0.15, 0.2) is 55.0 Å². The van der Waals surface area contributed by atoms with Gasteiger partial charge < -0.3 is 15.3 Å². The van der Waals surface area contributed by atoms with Gasteiger partial charge in [-0.3, -0.25) is 19.1 Å². The molecule has 1 atom stereocenters.